The summed E-state index contributed by atoms with van der Waals surface area (Å²) in [6.07, 6.45) is 1.17. The van der Waals surface area contributed by atoms with E-state index in [1.807, 2.05) is 26.0 Å². The second-order valence-corrected chi connectivity index (χ2v) is 4.12. The van der Waals surface area contributed by atoms with Crippen molar-refractivity contribution in [1.29, 1.82) is 0 Å². The van der Waals surface area contributed by atoms with Gasteiger partial charge in [-0.05, 0) is 25.5 Å². The third-order valence-corrected chi connectivity index (χ3v) is 2.81. The lowest BCUT2D eigenvalue weighted by molar-refractivity contribution is 0.154. The zero-order valence-electron chi connectivity index (χ0n) is 10.2. The Labute approximate surface area is 96.6 Å². The number of hydrogen-bond acceptors (Lipinski definition) is 2. The molecule has 1 rings (SSSR count). The van der Waals surface area contributed by atoms with Gasteiger partial charge in [0.2, 0.25) is 0 Å². The van der Waals surface area contributed by atoms with Crippen molar-refractivity contribution in [2.45, 2.75) is 32.4 Å². The average molecular weight is 225 g/mol. The van der Waals surface area contributed by atoms with Crippen LogP contribution in [0.2, 0.25) is 0 Å². The first kappa shape index (κ1) is 13.0. The Balaban J connectivity index is 3.21. The summed E-state index contributed by atoms with van der Waals surface area (Å²) in [5.74, 6) is 0.576. The normalized spacial score (nSPS) is 14.6. The fourth-order valence-corrected chi connectivity index (χ4v) is 1.91. The van der Waals surface area contributed by atoms with E-state index in [4.69, 9.17) is 10.5 Å². The van der Waals surface area contributed by atoms with Crippen molar-refractivity contribution in [3.05, 3.63) is 29.3 Å². The third-order valence-electron chi connectivity index (χ3n) is 2.81. The number of methoxy groups -OCH3 is 1. The fourth-order valence-electron chi connectivity index (χ4n) is 1.91. The van der Waals surface area contributed by atoms with Crippen molar-refractivity contribution < 1.29 is 9.13 Å². The molecule has 0 spiro atoms. The number of nitrogens with two attached hydrogens (primary N) is 1. The summed E-state index contributed by atoms with van der Waals surface area (Å²) in [6, 6.07) is 5.52. The average Bonchev–Trinajstić information content (AvgIpc) is 2.29. The van der Waals surface area contributed by atoms with E-state index in [1.165, 1.54) is 0 Å². The van der Waals surface area contributed by atoms with Gasteiger partial charge in [0.05, 0.1) is 7.11 Å². The molecule has 2 nitrogen and oxygen atoms in total. The maximum Gasteiger partial charge on any atom is 0.151 e. The van der Waals surface area contributed by atoms with Crippen molar-refractivity contribution in [3.63, 3.8) is 0 Å². The summed E-state index contributed by atoms with van der Waals surface area (Å²) in [7, 11) is 1.55. The monoisotopic (exact) mass is 225 g/mol. The van der Waals surface area contributed by atoms with Crippen LogP contribution in [0.4, 0.5) is 4.39 Å². The summed E-state index contributed by atoms with van der Waals surface area (Å²) < 4.78 is 19.9. The Morgan fingerprint density at radius 2 is 2.12 bits per heavy atom. The largest absolute Gasteiger partial charge is 0.496 e. The molecule has 2 N–H and O–H groups in total. The molecule has 1 aromatic carbocycles. The van der Waals surface area contributed by atoms with Crippen molar-refractivity contribution in [2.24, 2.45) is 5.73 Å². The second kappa shape index (κ2) is 5.30. The van der Waals surface area contributed by atoms with Gasteiger partial charge in [0.25, 0.3) is 0 Å². The van der Waals surface area contributed by atoms with E-state index in [1.54, 1.807) is 13.2 Å². The summed E-state index contributed by atoms with van der Waals surface area (Å²) in [5, 5.41) is 0. The summed E-state index contributed by atoms with van der Waals surface area (Å²) >= 11 is 0. The molecule has 0 aliphatic rings. The number of ether oxygens (including phenoxy) is 1. The molecule has 0 aliphatic heterocycles. The minimum absolute atomic E-state index is 0.0132. The summed E-state index contributed by atoms with van der Waals surface area (Å²) in [6.45, 7) is 3.87. The second-order valence-electron chi connectivity index (χ2n) is 4.12. The molecule has 90 valence electrons. The molecule has 1 aromatic rings. The molecule has 0 saturated heterocycles. The molecule has 0 heterocycles. The predicted molar refractivity (Wildman–Crippen MR) is 64.5 cm³/mol. The van der Waals surface area contributed by atoms with Crippen LogP contribution in [0.25, 0.3) is 0 Å². The van der Waals surface area contributed by atoms with Gasteiger partial charge in [0.1, 0.15) is 5.75 Å². The van der Waals surface area contributed by atoms with E-state index in [0.717, 1.165) is 12.0 Å². The molecule has 0 aliphatic carbocycles. The number of alkyl halides is 1. The number of rotatable bonds is 5. The summed E-state index contributed by atoms with van der Waals surface area (Å²) in [4.78, 5) is 0. The van der Waals surface area contributed by atoms with Crippen molar-refractivity contribution in [2.75, 3.05) is 13.7 Å². The quantitative estimate of drug-likeness (QED) is 0.836. The maximum atomic E-state index is 14.7. The fraction of sp³-hybridized carbons (Fsp3) is 0.538. The van der Waals surface area contributed by atoms with Crippen LogP contribution in [0.3, 0.4) is 0 Å². The van der Waals surface area contributed by atoms with E-state index in [0.29, 0.717) is 17.7 Å². The van der Waals surface area contributed by atoms with Gasteiger partial charge in [0, 0.05) is 12.1 Å². The molecule has 0 amide bonds. The van der Waals surface area contributed by atoms with Gasteiger partial charge in [-0.25, -0.2) is 4.39 Å². The Kier molecular flexibility index (Phi) is 4.30. The van der Waals surface area contributed by atoms with Crippen LogP contribution in [-0.4, -0.2) is 13.7 Å². The molecule has 3 heteroatoms. The standard InChI is InChI=1S/C13H20FNO/c1-4-7-13(14,9-15)11-8-10(2)5-6-12(11)16-3/h5-6,8H,4,7,9,15H2,1-3H3. The number of aryl methyl sites for hydroxylation is 1. The van der Waals surface area contributed by atoms with E-state index in [-0.39, 0.29) is 6.54 Å². The van der Waals surface area contributed by atoms with Crippen molar-refractivity contribution >= 4 is 0 Å². The van der Waals surface area contributed by atoms with Crippen LogP contribution in [0.1, 0.15) is 30.9 Å². The first-order valence-corrected chi connectivity index (χ1v) is 5.61. The Bertz CT molecular complexity index is 354. The predicted octanol–water partition coefficient (Wildman–Crippen LogP) is 2.93. The molecule has 0 saturated carbocycles. The minimum Gasteiger partial charge on any atom is -0.496 e. The highest BCUT2D eigenvalue weighted by Crippen LogP contribution is 2.36. The molecule has 0 bridgehead atoms. The zero-order chi connectivity index (χ0) is 12.2. The first-order valence-electron chi connectivity index (χ1n) is 5.61. The van der Waals surface area contributed by atoms with Gasteiger partial charge < -0.3 is 10.5 Å². The van der Waals surface area contributed by atoms with Crippen LogP contribution < -0.4 is 10.5 Å². The lowest BCUT2D eigenvalue weighted by atomic mass is 9.89. The molecule has 0 fully saturated rings. The van der Waals surface area contributed by atoms with Gasteiger partial charge in [-0.3, -0.25) is 0 Å². The third kappa shape index (κ3) is 2.53. The lowest BCUT2D eigenvalue weighted by Gasteiger charge is -2.26. The Hall–Kier alpha value is -1.09. The van der Waals surface area contributed by atoms with E-state index in [9.17, 15) is 4.39 Å². The molecule has 0 aromatic heterocycles. The highest BCUT2D eigenvalue weighted by Gasteiger charge is 2.32. The van der Waals surface area contributed by atoms with Crippen molar-refractivity contribution in [1.82, 2.24) is 0 Å². The topological polar surface area (TPSA) is 35.2 Å². The molecular weight excluding hydrogens is 205 g/mol. The van der Waals surface area contributed by atoms with Crippen LogP contribution in [0.15, 0.2) is 18.2 Å². The van der Waals surface area contributed by atoms with Crippen LogP contribution in [-0.2, 0) is 5.67 Å². The Morgan fingerprint density at radius 1 is 1.44 bits per heavy atom. The molecule has 1 unspecified atom stereocenters. The van der Waals surface area contributed by atoms with Gasteiger partial charge in [-0.1, -0.05) is 25.0 Å². The molecular formula is C13H20FNO. The molecule has 0 radical (unpaired) electrons. The van der Waals surface area contributed by atoms with E-state index in [2.05, 4.69) is 0 Å². The number of halogens is 1. The number of hydrogen-bond donors (Lipinski definition) is 1. The first-order chi connectivity index (χ1) is 7.57. The van der Waals surface area contributed by atoms with Crippen LogP contribution in [0, 0.1) is 6.92 Å². The highest BCUT2D eigenvalue weighted by molar-refractivity contribution is 5.41. The zero-order valence-corrected chi connectivity index (χ0v) is 10.2. The molecule has 16 heavy (non-hydrogen) atoms. The number of benzene rings is 1. The minimum atomic E-state index is -1.48. The van der Waals surface area contributed by atoms with E-state index >= 15 is 0 Å². The van der Waals surface area contributed by atoms with Crippen LogP contribution in [0.5, 0.6) is 5.75 Å². The maximum absolute atomic E-state index is 14.7. The molecule has 1 atom stereocenters. The van der Waals surface area contributed by atoms with Crippen molar-refractivity contribution in [3.8, 4) is 5.75 Å². The van der Waals surface area contributed by atoms with Gasteiger partial charge in [0.15, 0.2) is 5.67 Å². The Morgan fingerprint density at radius 3 is 2.62 bits per heavy atom. The summed E-state index contributed by atoms with van der Waals surface area (Å²) in [5.41, 5.74) is 5.67. The van der Waals surface area contributed by atoms with Crippen LogP contribution >= 0.6 is 0 Å². The van der Waals surface area contributed by atoms with E-state index < -0.39 is 5.67 Å². The SMILES string of the molecule is CCCC(F)(CN)c1cc(C)ccc1OC. The lowest BCUT2D eigenvalue weighted by Crippen LogP contribution is -2.30. The van der Waals surface area contributed by atoms with Gasteiger partial charge in [-0.2, -0.15) is 0 Å². The highest BCUT2D eigenvalue weighted by atomic mass is 19.1. The smallest absolute Gasteiger partial charge is 0.151 e. The van der Waals surface area contributed by atoms with Gasteiger partial charge >= 0.3 is 0 Å². The van der Waals surface area contributed by atoms with Gasteiger partial charge in [-0.15, -0.1) is 0 Å².